The second kappa shape index (κ2) is 10.4. The largest absolute Gasteiger partial charge is 0.494 e. The molecule has 0 radical (unpaired) electrons. The van der Waals surface area contributed by atoms with Gasteiger partial charge in [-0.1, -0.05) is 49.0 Å². The summed E-state index contributed by atoms with van der Waals surface area (Å²) in [6.07, 6.45) is 2.94. The molecule has 1 aliphatic rings. The third-order valence-corrected chi connectivity index (χ3v) is 6.72. The van der Waals surface area contributed by atoms with Crippen molar-refractivity contribution >= 4 is 52.5 Å². The van der Waals surface area contributed by atoms with Gasteiger partial charge in [0.15, 0.2) is 0 Å². The average molecular weight is 468 g/mol. The van der Waals surface area contributed by atoms with E-state index in [-0.39, 0.29) is 18.9 Å². The van der Waals surface area contributed by atoms with E-state index < -0.39 is 11.2 Å². The molecule has 1 N–H and O–H groups in total. The van der Waals surface area contributed by atoms with Gasteiger partial charge in [0.05, 0.1) is 40.6 Å². The molecule has 0 aromatic heterocycles. The van der Waals surface area contributed by atoms with Gasteiger partial charge in [-0.25, -0.2) is 0 Å². The molecular weight excluding hydrogens is 445 g/mol. The number of hydrogen-bond acceptors (Lipinski definition) is 4. The van der Waals surface area contributed by atoms with Gasteiger partial charge >= 0.3 is 5.97 Å². The fourth-order valence-electron chi connectivity index (χ4n) is 3.21. The SMILES string of the molecule is CCCCCOc1ccc2c(c1)N(Cc1ccc(Cl)c(Cl)c1)C(=O)C(CC(=O)O)S2. The summed E-state index contributed by atoms with van der Waals surface area (Å²) >= 11 is 13.4. The summed E-state index contributed by atoms with van der Waals surface area (Å²) in [7, 11) is 0. The van der Waals surface area contributed by atoms with Crippen LogP contribution in [0.4, 0.5) is 5.69 Å². The highest BCUT2D eigenvalue weighted by molar-refractivity contribution is 8.01. The van der Waals surface area contributed by atoms with Crippen molar-refractivity contribution in [2.24, 2.45) is 0 Å². The number of benzene rings is 2. The summed E-state index contributed by atoms with van der Waals surface area (Å²) in [6.45, 7) is 3.01. The molecule has 1 amide bonds. The Balaban J connectivity index is 1.90. The highest BCUT2D eigenvalue weighted by atomic mass is 35.5. The van der Waals surface area contributed by atoms with Gasteiger partial charge in [0.1, 0.15) is 5.75 Å². The molecule has 30 heavy (non-hydrogen) atoms. The quantitative estimate of drug-likeness (QED) is 0.454. The second-order valence-electron chi connectivity index (χ2n) is 7.06. The molecule has 2 aromatic rings. The normalized spacial score (nSPS) is 15.8. The minimum absolute atomic E-state index is 0.240. The summed E-state index contributed by atoms with van der Waals surface area (Å²) in [5.41, 5.74) is 1.52. The molecule has 0 bridgehead atoms. The van der Waals surface area contributed by atoms with E-state index in [0.717, 1.165) is 29.7 Å². The Morgan fingerprint density at radius 2 is 1.97 bits per heavy atom. The number of aliphatic carboxylic acids is 1. The lowest BCUT2D eigenvalue weighted by atomic mass is 10.1. The Morgan fingerprint density at radius 1 is 1.17 bits per heavy atom. The molecule has 1 aliphatic heterocycles. The Bertz CT molecular complexity index is 937. The molecule has 160 valence electrons. The van der Waals surface area contributed by atoms with Crippen LogP contribution in [0.1, 0.15) is 38.2 Å². The van der Waals surface area contributed by atoms with Crippen LogP contribution in [0.5, 0.6) is 5.75 Å². The first kappa shape index (κ1) is 22.8. The van der Waals surface area contributed by atoms with Gasteiger partial charge in [-0.15, -0.1) is 11.8 Å². The fraction of sp³-hybridized carbons (Fsp3) is 0.364. The number of thioether (sulfide) groups is 1. The van der Waals surface area contributed by atoms with E-state index in [1.54, 1.807) is 23.1 Å². The van der Waals surface area contributed by atoms with Crippen LogP contribution in [0.2, 0.25) is 10.0 Å². The summed E-state index contributed by atoms with van der Waals surface area (Å²) in [5.74, 6) is -0.562. The predicted molar refractivity (Wildman–Crippen MR) is 121 cm³/mol. The van der Waals surface area contributed by atoms with Gasteiger partial charge in [-0.2, -0.15) is 0 Å². The Kier molecular flexibility index (Phi) is 7.92. The molecule has 1 unspecified atom stereocenters. The number of amides is 1. The van der Waals surface area contributed by atoms with Gasteiger partial charge in [0.2, 0.25) is 5.91 Å². The lowest BCUT2D eigenvalue weighted by Crippen LogP contribution is -2.41. The number of rotatable bonds is 9. The van der Waals surface area contributed by atoms with Crippen molar-refractivity contribution in [2.75, 3.05) is 11.5 Å². The topological polar surface area (TPSA) is 66.8 Å². The number of carboxylic acid groups (broad SMARTS) is 1. The molecule has 0 saturated carbocycles. The molecule has 1 heterocycles. The van der Waals surface area contributed by atoms with E-state index in [9.17, 15) is 14.7 Å². The van der Waals surface area contributed by atoms with Crippen LogP contribution >= 0.6 is 35.0 Å². The summed E-state index contributed by atoms with van der Waals surface area (Å²) in [4.78, 5) is 26.9. The number of anilines is 1. The lowest BCUT2D eigenvalue weighted by molar-refractivity contribution is -0.138. The number of hydrogen-bond donors (Lipinski definition) is 1. The van der Waals surface area contributed by atoms with E-state index in [4.69, 9.17) is 27.9 Å². The number of carbonyl (C=O) groups excluding carboxylic acids is 1. The molecule has 0 fully saturated rings. The highest BCUT2D eigenvalue weighted by Crippen LogP contribution is 2.43. The molecule has 2 aromatic carbocycles. The van der Waals surface area contributed by atoms with Crippen LogP contribution in [0.15, 0.2) is 41.3 Å². The maximum atomic E-state index is 13.1. The Labute approximate surface area is 190 Å². The third-order valence-electron chi connectivity index (χ3n) is 4.73. The van der Waals surface area contributed by atoms with Crippen molar-refractivity contribution in [3.8, 4) is 5.75 Å². The lowest BCUT2D eigenvalue weighted by Gasteiger charge is -2.33. The minimum atomic E-state index is -1.00. The third kappa shape index (κ3) is 5.62. The molecule has 0 spiro atoms. The smallest absolute Gasteiger partial charge is 0.305 e. The van der Waals surface area contributed by atoms with Crippen molar-refractivity contribution in [3.63, 3.8) is 0 Å². The van der Waals surface area contributed by atoms with E-state index in [1.807, 2.05) is 18.2 Å². The molecule has 0 saturated heterocycles. The number of carbonyl (C=O) groups is 2. The van der Waals surface area contributed by atoms with Gasteiger partial charge in [0, 0.05) is 11.0 Å². The molecule has 5 nitrogen and oxygen atoms in total. The van der Waals surface area contributed by atoms with Gasteiger partial charge in [-0.3, -0.25) is 9.59 Å². The van der Waals surface area contributed by atoms with Crippen molar-refractivity contribution in [1.29, 1.82) is 0 Å². The van der Waals surface area contributed by atoms with Crippen molar-refractivity contribution in [2.45, 2.75) is 49.3 Å². The number of nitrogens with zero attached hydrogens (tertiary/aromatic N) is 1. The zero-order valence-electron chi connectivity index (χ0n) is 16.6. The summed E-state index contributed by atoms with van der Waals surface area (Å²) in [6, 6.07) is 10.8. The van der Waals surface area contributed by atoms with E-state index in [0.29, 0.717) is 28.1 Å². The first-order chi connectivity index (χ1) is 14.4. The first-order valence-corrected chi connectivity index (χ1v) is 11.4. The fourth-order valence-corrected chi connectivity index (χ4v) is 4.72. The van der Waals surface area contributed by atoms with Gasteiger partial charge in [0.25, 0.3) is 0 Å². The second-order valence-corrected chi connectivity index (χ2v) is 9.12. The number of halogens is 2. The van der Waals surface area contributed by atoms with Crippen molar-refractivity contribution in [1.82, 2.24) is 0 Å². The van der Waals surface area contributed by atoms with Crippen molar-refractivity contribution < 1.29 is 19.4 Å². The van der Waals surface area contributed by atoms with Crippen LogP contribution in [0.3, 0.4) is 0 Å². The summed E-state index contributed by atoms with van der Waals surface area (Å²) < 4.78 is 5.85. The summed E-state index contributed by atoms with van der Waals surface area (Å²) in [5, 5.41) is 9.38. The molecule has 3 rings (SSSR count). The monoisotopic (exact) mass is 467 g/mol. The number of carboxylic acids is 1. The maximum absolute atomic E-state index is 13.1. The van der Waals surface area contributed by atoms with Crippen LogP contribution < -0.4 is 9.64 Å². The standard InChI is InChI=1S/C22H23Cl2NO4S/c1-2-3-4-9-29-15-6-8-19-18(11-15)25(22(28)20(30-19)12-21(26)27)13-14-5-7-16(23)17(24)10-14/h5-8,10-11,20H,2-4,9,12-13H2,1H3,(H,26,27). The van der Waals surface area contributed by atoms with Crippen LogP contribution in [-0.4, -0.2) is 28.8 Å². The predicted octanol–water partition coefficient (Wildman–Crippen LogP) is 6.04. The Morgan fingerprint density at radius 3 is 2.67 bits per heavy atom. The molecule has 1 atom stereocenters. The first-order valence-electron chi connectivity index (χ1n) is 9.79. The van der Waals surface area contributed by atoms with Gasteiger partial charge in [-0.05, 0) is 36.2 Å². The number of ether oxygens (including phenoxy) is 1. The van der Waals surface area contributed by atoms with Crippen molar-refractivity contribution in [3.05, 3.63) is 52.0 Å². The van der Waals surface area contributed by atoms with E-state index >= 15 is 0 Å². The van der Waals surface area contributed by atoms with Crippen LogP contribution in [0, 0.1) is 0 Å². The number of fused-ring (bicyclic) bond motifs is 1. The maximum Gasteiger partial charge on any atom is 0.305 e. The van der Waals surface area contributed by atoms with Crippen LogP contribution in [0.25, 0.3) is 0 Å². The van der Waals surface area contributed by atoms with Gasteiger partial charge < -0.3 is 14.7 Å². The average Bonchev–Trinajstić information content (AvgIpc) is 2.71. The van der Waals surface area contributed by atoms with Crippen LogP contribution in [-0.2, 0) is 16.1 Å². The molecular formula is C22H23Cl2NO4S. The number of unbranched alkanes of at least 4 members (excludes halogenated alkanes) is 2. The Hall–Kier alpha value is -1.89. The zero-order chi connectivity index (χ0) is 21.7. The molecule has 0 aliphatic carbocycles. The van der Waals surface area contributed by atoms with E-state index in [1.165, 1.54) is 11.8 Å². The molecule has 8 heteroatoms. The minimum Gasteiger partial charge on any atom is -0.494 e. The highest BCUT2D eigenvalue weighted by Gasteiger charge is 2.35. The zero-order valence-corrected chi connectivity index (χ0v) is 18.9. The van der Waals surface area contributed by atoms with E-state index in [2.05, 4.69) is 6.92 Å².